The second kappa shape index (κ2) is 5.69. The summed E-state index contributed by atoms with van der Waals surface area (Å²) in [7, 11) is 0. The summed E-state index contributed by atoms with van der Waals surface area (Å²) >= 11 is 3.33. The van der Waals surface area contributed by atoms with Crippen LogP contribution in [0.5, 0.6) is 0 Å². The number of nitrogens with one attached hydrogen (secondary N) is 1. The molecule has 3 N–H and O–H groups in total. The van der Waals surface area contributed by atoms with Gasteiger partial charge in [-0.3, -0.25) is 4.79 Å². The van der Waals surface area contributed by atoms with Gasteiger partial charge in [0.2, 0.25) is 0 Å². The fourth-order valence-electron chi connectivity index (χ4n) is 1.59. The van der Waals surface area contributed by atoms with Crippen LogP contribution in [0.2, 0.25) is 0 Å². The van der Waals surface area contributed by atoms with Crippen LogP contribution in [0, 0.1) is 0 Å². The number of nitrogens with two attached hydrogens (primary N) is 1. The van der Waals surface area contributed by atoms with E-state index in [1.54, 1.807) is 12.1 Å². The van der Waals surface area contributed by atoms with E-state index in [4.69, 9.17) is 5.73 Å². The van der Waals surface area contributed by atoms with Crippen LogP contribution >= 0.6 is 15.9 Å². The zero-order chi connectivity index (χ0) is 13.0. The molecular formula is C14H13BrN2O. The van der Waals surface area contributed by atoms with E-state index in [0.717, 1.165) is 10.0 Å². The Kier molecular flexibility index (Phi) is 3.99. The number of carbonyl (C=O) groups is 1. The third-order valence-corrected chi connectivity index (χ3v) is 3.04. The molecule has 0 aliphatic rings. The number of nitrogen functional groups attached to an aromatic ring is 1. The third kappa shape index (κ3) is 3.34. The highest BCUT2D eigenvalue weighted by Crippen LogP contribution is 2.11. The molecule has 0 bridgehead atoms. The van der Waals surface area contributed by atoms with E-state index < -0.39 is 0 Å². The molecule has 2 aromatic carbocycles. The predicted molar refractivity (Wildman–Crippen MR) is 76.2 cm³/mol. The highest BCUT2D eigenvalue weighted by molar-refractivity contribution is 9.10. The van der Waals surface area contributed by atoms with Crippen LogP contribution in [0.3, 0.4) is 0 Å². The minimum atomic E-state index is -0.0927. The van der Waals surface area contributed by atoms with Crippen molar-refractivity contribution < 1.29 is 4.79 Å². The maximum atomic E-state index is 11.9. The lowest BCUT2D eigenvalue weighted by Gasteiger charge is -2.06. The summed E-state index contributed by atoms with van der Waals surface area (Å²) in [5, 5.41) is 2.85. The summed E-state index contributed by atoms with van der Waals surface area (Å²) in [6.07, 6.45) is 0. The Labute approximate surface area is 114 Å². The number of anilines is 1. The summed E-state index contributed by atoms with van der Waals surface area (Å²) < 4.78 is 0.954. The second-order valence-corrected chi connectivity index (χ2v) is 4.85. The van der Waals surface area contributed by atoms with E-state index in [0.29, 0.717) is 17.8 Å². The molecule has 0 saturated carbocycles. The van der Waals surface area contributed by atoms with Gasteiger partial charge in [0.05, 0.1) is 0 Å². The molecule has 3 nitrogen and oxygen atoms in total. The van der Waals surface area contributed by atoms with Crippen molar-refractivity contribution in [1.82, 2.24) is 5.32 Å². The molecule has 0 aliphatic carbocycles. The molecule has 0 radical (unpaired) electrons. The first-order valence-electron chi connectivity index (χ1n) is 5.53. The fourth-order valence-corrected chi connectivity index (χ4v) is 1.85. The maximum Gasteiger partial charge on any atom is 0.251 e. The Hall–Kier alpha value is -1.81. The Bertz CT molecular complexity index is 552. The largest absolute Gasteiger partial charge is 0.399 e. The van der Waals surface area contributed by atoms with Gasteiger partial charge >= 0.3 is 0 Å². The number of hydrogen-bond acceptors (Lipinski definition) is 2. The molecule has 1 amide bonds. The van der Waals surface area contributed by atoms with Crippen LogP contribution in [-0.2, 0) is 6.54 Å². The van der Waals surface area contributed by atoms with E-state index >= 15 is 0 Å². The molecule has 0 fully saturated rings. The second-order valence-electron chi connectivity index (χ2n) is 3.93. The molecule has 0 atom stereocenters. The lowest BCUT2D eigenvalue weighted by atomic mass is 10.2. The summed E-state index contributed by atoms with van der Waals surface area (Å²) in [5.41, 5.74) is 8.00. The van der Waals surface area contributed by atoms with Crippen LogP contribution in [0.15, 0.2) is 53.0 Å². The highest BCUT2D eigenvalue weighted by Gasteiger charge is 2.04. The van der Waals surface area contributed by atoms with Gasteiger partial charge in [0.15, 0.2) is 0 Å². The summed E-state index contributed by atoms with van der Waals surface area (Å²) in [6.45, 7) is 0.472. The molecule has 0 heterocycles. The molecule has 2 aromatic rings. The normalized spacial score (nSPS) is 10.1. The Morgan fingerprint density at radius 2 is 1.89 bits per heavy atom. The molecular weight excluding hydrogens is 292 g/mol. The van der Waals surface area contributed by atoms with Gasteiger partial charge < -0.3 is 11.1 Å². The first-order valence-corrected chi connectivity index (χ1v) is 6.32. The van der Waals surface area contributed by atoms with Crippen LogP contribution in [0.4, 0.5) is 5.69 Å². The van der Waals surface area contributed by atoms with E-state index in [-0.39, 0.29) is 5.91 Å². The number of halogens is 1. The zero-order valence-electron chi connectivity index (χ0n) is 9.69. The Balaban J connectivity index is 1.98. The van der Waals surface area contributed by atoms with Gasteiger partial charge in [-0.05, 0) is 42.0 Å². The van der Waals surface area contributed by atoms with Gasteiger partial charge in [0.25, 0.3) is 5.91 Å². The van der Waals surface area contributed by atoms with E-state index in [1.165, 1.54) is 0 Å². The molecule has 0 unspecified atom stereocenters. The molecule has 2 rings (SSSR count). The average molecular weight is 305 g/mol. The van der Waals surface area contributed by atoms with E-state index in [1.807, 2.05) is 36.4 Å². The van der Waals surface area contributed by atoms with Crippen molar-refractivity contribution in [2.45, 2.75) is 6.54 Å². The standard InChI is InChI=1S/C14H13BrN2O/c15-12-6-4-11(5-7-12)14(18)17-9-10-2-1-3-13(16)8-10/h1-8H,9,16H2,(H,17,18). The van der Waals surface area contributed by atoms with Gasteiger partial charge in [0, 0.05) is 22.3 Å². The maximum absolute atomic E-state index is 11.9. The van der Waals surface area contributed by atoms with Crippen molar-refractivity contribution in [2.75, 3.05) is 5.73 Å². The highest BCUT2D eigenvalue weighted by atomic mass is 79.9. The molecule has 18 heavy (non-hydrogen) atoms. The average Bonchev–Trinajstić information content (AvgIpc) is 2.37. The number of carbonyl (C=O) groups excluding carboxylic acids is 1. The molecule has 0 saturated heterocycles. The Morgan fingerprint density at radius 3 is 2.56 bits per heavy atom. The molecule has 0 spiro atoms. The van der Waals surface area contributed by atoms with E-state index in [2.05, 4.69) is 21.2 Å². The summed E-state index contributed by atoms with van der Waals surface area (Å²) in [6, 6.07) is 14.7. The fraction of sp³-hybridized carbons (Fsp3) is 0.0714. The quantitative estimate of drug-likeness (QED) is 0.857. The lowest BCUT2D eigenvalue weighted by Crippen LogP contribution is -2.22. The van der Waals surface area contributed by atoms with Crippen molar-refractivity contribution >= 4 is 27.5 Å². The van der Waals surface area contributed by atoms with Crippen molar-refractivity contribution in [2.24, 2.45) is 0 Å². The van der Waals surface area contributed by atoms with Crippen molar-refractivity contribution in [3.63, 3.8) is 0 Å². The smallest absolute Gasteiger partial charge is 0.251 e. The monoisotopic (exact) mass is 304 g/mol. The number of hydrogen-bond donors (Lipinski definition) is 2. The number of rotatable bonds is 3. The molecule has 0 aromatic heterocycles. The molecule has 92 valence electrons. The summed E-state index contributed by atoms with van der Waals surface area (Å²) in [5.74, 6) is -0.0927. The SMILES string of the molecule is Nc1cccc(CNC(=O)c2ccc(Br)cc2)c1. The first-order chi connectivity index (χ1) is 8.65. The lowest BCUT2D eigenvalue weighted by molar-refractivity contribution is 0.0951. The van der Waals surface area contributed by atoms with Crippen molar-refractivity contribution in [3.05, 3.63) is 64.1 Å². The number of amides is 1. The van der Waals surface area contributed by atoms with Crippen LogP contribution in [0.1, 0.15) is 15.9 Å². The Morgan fingerprint density at radius 1 is 1.17 bits per heavy atom. The third-order valence-electron chi connectivity index (χ3n) is 2.51. The minimum absolute atomic E-state index is 0.0927. The van der Waals surface area contributed by atoms with Crippen LogP contribution < -0.4 is 11.1 Å². The van der Waals surface area contributed by atoms with Crippen molar-refractivity contribution in [1.29, 1.82) is 0 Å². The summed E-state index contributed by atoms with van der Waals surface area (Å²) in [4.78, 5) is 11.9. The van der Waals surface area contributed by atoms with Gasteiger partial charge in [-0.15, -0.1) is 0 Å². The van der Waals surface area contributed by atoms with Gasteiger partial charge in [-0.25, -0.2) is 0 Å². The van der Waals surface area contributed by atoms with Gasteiger partial charge in [0.1, 0.15) is 0 Å². The minimum Gasteiger partial charge on any atom is -0.399 e. The van der Waals surface area contributed by atoms with Crippen molar-refractivity contribution in [3.8, 4) is 0 Å². The molecule has 4 heteroatoms. The molecule has 0 aliphatic heterocycles. The van der Waals surface area contributed by atoms with Crippen LogP contribution in [-0.4, -0.2) is 5.91 Å². The van der Waals surface area contributed by atoms with Gasteiger partial charge in [-0.2, -0.15) is 0 Å². The predicted octanol–water partition coefficient (Wildman–Crippen LogP) is 2.96. The zero-order valence-corrected chi connectivity index (χ0v) is 11.3. The van der Waals surface area contributed by atoms with Crippen LogP contribution in [0.25, 0.3) is 0 Å². The van der Waals surface area contributed by atoms with E-state index in [9.17, 15) is 4.79 Å². The van der Waals surface area contributed by atoms with Gasteiger partial charge in [-0.1, -0.05) is 28.1 Å². The number of benzene rings is 2. The topological polar surface area (TPSA) is 55.1 Å². The first kappa shape index (κ1) is 12.6.